The zero-order valence-electron chi connectivity index (χ0n) is 12.0. The van der Waals surface area contributed by atoms with Crippen LogP contribution in [0.1, 0.15) is 58.1 Å². The van der Waals surface area contributed by atoms with E-state index in [2.05, 4.69) is 42.0 Å². The van der Waals surface area contributed by atoms with Crippen LogP contribution in [0.2, 0.25) is 0 Å². The van der Waals surface area contributed by atoms with E-state index in [0.29, 0.717) is 11.5 Å². The number of benzene rings is 1. The summed E-state index contributed by atoms with van der Waals surface area (Å²) in [6, 6.07) is 5.71. The molecule has 1 aliphatic carbocycles. The third-order valence-corrected chi connectivity index (χ3v) is 5.07. The summed E-state index contributed by atoms with van der Waals surface area (Å²) in [5.41, 5.74) is 1.47. The smallest absolute Gasteiger partial charge is 0.124 e. The molecular weight excluding hydrogens is 305 g/mol. The van der Waals surface area contributed by atoms with Crippen LogP contribution in [0, 0.1) is 11.2 Å². The Hall–Kier alpha value is -0.410. The van der Waals surface area contributed by atoms with Gasteiger partial charge in [-0.2, -0.15) is 0 Å². The molecule has 0 aliphatic heterocycles. The Bertz CT molecular complexity index is 444. The van der Waals surface area contributed by atoms with E-state index in [1.165, 1.54) is 31.7 Å². The van der Waals surface area contributed by atoms with Crippen molar-refractivity contribution in [3.63, 3.8) is 0 Å². The minimum atomic E-state index is -0.194. The van der Waals surface area contributed by atoms with Crippen molar-refractivity contribution < 1.29 is 4.39 Å². The average Bonchev–Trinajstić information content (AvgIpc) is 2.31. The third kappa shape index (κ3) is 3.57. The van der Waals surface area contributed by atoms with E-state index < -0.39 is 0 Å². The summed E-state index contributed by atoms with van der Waals surface area (Å²) >= 11 is 3.46. The van der Waals surface area contributed by atoms with Crippen molar-refractivity contribution in [1.29, 1.82) is 0 Å². The molecule has 19 heavy (non-hydrogen) atoms. The van der Waals surface area contributed by atoms with Crippen LogP contribution < -0.4 is 5.32 Å². The van der Waals surface area contributed by atoms with Gasteiger partial charge in [-0.25, -0.2) is 4.39 Å². The van der Waals surface area contributed by atoms with Gasteiger partial charge in [0.15, 0.2) is 0 Å². The highest BCUT2D eigenvalue weighted by molar-refractivity contribution is 9.10. The van der Waals surface area contributed by atoms with Gasteiger partial charge in [0.25, 0.3) is 0 Å². The molecule has 0 amide bonds. The maximum absolute atomic E-state index is 13.1. The Labute approximate surface area is 124 Å². The van der Waals surface area contributed by atoms with Gasteiger partial charge in [-0.1, -0.05) is 48.7 Å². The first-order chi connectivity index (χ1) is 8.90. The maximum atomic E-state index is 13.1. The molecule has 3 heteroatoms. The predicted molar refractivity (Wildman–Crippen MR) is 81.7 cm³/mol. The van der Waals surface area contributed by atoms with Crippen LogP contribution in [-0.2, 0) is 0 Å². The molecule has 0 saturated heterocycles. The minimum Gasteiger partial charge on any atom is -0.307 e. The van der Waals surface area contributed by atoms with Gasteiger partial charge in [-0.3, -0.25) is 0 Å². The largest absolute Gasteiger partial charge is 0.307 e. The summed E-state index contributed by atoms with van der Waals surface area (Å²) in [5.74, 6) is -0.194. The second kappa shape index (κ2) is 5.92. The summed E-state index contributed by atoms with van der Waals surface area (Å²) in [4.78, 5) is 0. The first-order valence-corrected chi connectivity index (χ1v) is 7.90. The monoisotopic (exact) mass is 327 g/mol. The van der Waals surface area contributed by atoms with Crippen molar-refractivity contribution in [3.05, 3.63) is 34.1 Å². The average molecular weight is 328 g/mol. The number of rotatable bonds is 3. The van der Waals surface area contributed by atoms with Crippen molar-refractivity contribution in [1.82, 2.24) is 5.32 Å². The molecule has 2 atom stereocenters. The molecule has 0 heterocycles. The molecule has 1 nitrogen and oxygen atoms in total. The van der Waals surface area contributed by atoms with Gasteiger partial charge >= 0.3 is 0 Å². The molecule has 1 aliphatic rings. The molecule has 2 unspecified atom stereocenters. The lowest BCUT2D eigenvalue weighted by atomic mass is 9.73. The quantitative estimate of drug-likeness (QED) is 0.803. The highest BCUT2D eigenvalue weighted by Crippen LogP contribution is 2.37. The van der Waals surface area contributed by atoms with E-state index >= 15 is 0 Å². The van der Waals surface area contributed by atoms with E-state index in [1.54, 1.807) is 6.07 Å². The van der Waals surface area contributed by atoms with Crippen molar-refractivity contribution in [2.45, 2.75) is 58.5 Å². The maximum Gasteiger partial charge on any atom is 0.124 e. The highest BCUT2D eigenvalue weighted by atomic mass is 79.9. The van der Waals surface area contributed by atoms with Crippen LogP contribution in [-0.4, -0.2) is 6.04 Å². The number of halogens is 2. The van der Waals surface area contributed by atoms with Crippen LogP contribution in [0.3, 0.4) is 0 Å². The predicted octanol–water partition coefficient (Wildman–Crippen LogP) is 5.21. The van der Waals surface area contributed by atoms with Gasteiger partial charge in [0, 0.05) is 16.6 Å². The van der Waals surface area contributed by atoms with Gasteiger partial charge < -0.3 is 5.32 Å². The van der Waals surface area contributed by atoms with Crippen molar-refractivity contribution in [2.75, 3.05) is 0 Å². The van der Waals surface area contributed by atoms with Crippen molar-refractivity contribution in [3.8, 4) is 0 Å². The number of nitrogens with one attached hydrogen (secondary N) is 1. The van der Waals surface area contributed by atoms with Gasteiger partial charge in [0.1, 0.15) is 5.82 Å². The van der Waals surface area contributed by atoms with Gasteiger partial charge in [0.05, 0.1) is 0 Å². The summed E-state index contributed by atoms with van der Waals surface area (Å²) in [6.07, 6.45) is 5.15. The van der Waals surface area contributed by atoms with Crippen LogP contribution in [0.4, 0.5) is 4.39 Å². The summed E-state index contributed by atoms with van der Waals surface area (Å²) < 4.78 is 14.0. The molecule has 1 saturated carbocycles. The Balaban J connectivity index is 2.09. The van der Waals surface area contributed by atoms with E-state index in [9.17, 15) is 4.39 Å². The Morgan fingerprint density at radius 2 is 2.11 bits per heavy atom. The zero-order valence-corrected chi connectivity index (χ0v) is 13.6. The van der Waals surface area contributed by atoms with Crippen LogP contribution in [0.5, 0.6) is 0 Å². The second-order valence-corrected chi connectivity index (χ2v) is 7.20. The summed E-state index contributed by atoms with van der Waals surface area (Å²) in [7, 11) is 0. The Morgan fingerprint density at radius 1 is 1.37 bits per heavy atom. The van der Waals surface area contributed by atoms with Gasteiger partial charge in [-0.05, 0) is 42.9 Å². The SMILES string of the molecule is CC(NC1CCCCC1(C)C)c1ccc(F)cc1Br. The van der Waals surface area contributed by atoms with Crippen molar-refractivity contribution >= 4 is 15.9 Å². The van der Waals surface area contributed by atoms with E-state index in [0.717, 1.165) is 10.0 Å². The second-order valence-electron chi connectivity index (χ2n) is 6.34. The van der Waals surface area contributed by atoms with Crippen LogP contribution >= 0.6 is 15.9 Å². The summed E-state index contributed by atoms with van der Waals surface area (Å²) in [6.45, 7) is 6.84. The van der Waals surface area contributed by atoms with Crippen molar-refractivity contribution in [2.24, 2.45) is 5.41 Å². The minimum absolute atomic E-state index is 0.194. The van der Waals surface area contributed by atoms with Crippen LogP contribution in [0.15, 0.2) is 22.7 Å². The molecule has 1 N–H and O–H groups in total. The van der Waals surface area contributed by atoms with Crippen LogP contribution in [0.25, 0.3) is 0 Å². The normalized spacial score (nSPS) is 24.2. The van der Waals surface area contributed by atoms with Gasteiger partial charge in [0.2, 0.25) is 0 Å². The molecule has 2 rings (SSSR count). The molecule has 1 aromatic rings. The fourth-order valence-corrected chi connectivity index (χ4v) is 3.74. The molecule has 0 bridgehead atoms. The fourth-order valence-electron chi connectivity index (χ4n) is 3.05. The first-order valence-electron chi connectivity index (χ1n) is 7.11. The van der Waals surface area contributed by atoms with E-state index in [4.69, 9.17) is 0 Å². The lowest BCUT2D eigenvalue weighted by Crippen LogP contribution is -2.45. The lowest BCUT2D eigenvalue weighted by molar-refractivity contribution is 0.157. The number of hydrogen-bond donors (Lipinski definition) is 1. The van der Waals surface area contributed by atoms with E-state index in [1.807, 2.05) is 6.07 Å². The molecular formula is C16H23BrFN. The number of hydrogen-bond acceptors (Lipinski definition) is 1. The lowest BCUT2D eigenvalue weighted by Gasteiger charge is -2.41. The standard InChI is InChI=1S/C16H23BrFN/c1-11(13-8-7-12(18)10-14(13)17)19-15-6-4-5-9-16(15,2)3/h7-8,10-11,15,19H,4-6,9H2,1-3H3. The van der Waals surface area contributed by atoms with Gasteiger partial charge in [-0.15, -0.1) is 0 Å². The fraction of sp³-hybridized carbons (Fsp3) is 0.625. The molecule has 0 radical (unpaired) electrons. The zero-order chi connectivity index (χ0) is 14.0. The molecule has 0 spiro atoms. The molecule has 1 fully saturated rings. The Kier molecular flexibility index (Phi) is 4.67. The van der Waals surface area contributed by atoms with E-state index in [-0.39, 0.29) is 11.9 Å². The highest BCUT2D eigenvalue weighted by Gasteiger charge is 2.33. The Morgan fingerprint density at radius 3 is 2.74 bits per heavy atom. The molecule has 106 valence electrons. The third-order valence-electron chi connectivity index (χ3n) is 4.39. The first kappa shape index (κ1) is 15.0. The molecule has 1 aromatic carbocycles. The summed E-state index contributed by atoms with van der Waals surface area (Å²) in [5, 5.41) is 3.73. The molecule has 0 aromatic heterocycles. The topological polar surface area (TPSA) is 12.0 Å².